The number of aromatic nitrogens is 3. The van der Waals surface area contributed by atoms with Gasteiger partial charge in [-0.05, 0) is 42.8 Å². The van der Waals surface area contributed by atoms with Gasteiger partial charge in [-0.15, -0.1) is 5.10 Å². The maximum atomic E-state index is 8.85. The van der Waals surface area contributed by atoms with Crippen LogP contribution in [0.2, 0.25) is 5.02 Å². The molecule has 2 N–H and O–H groups in total. The van der Waals surface area contributed by atoms with E-state index in [1.54, 1.807) is 37.4 Å². The monoisotopic (exact) mass is 366 g/mol. The van der Waals surface area contributed by atoms with Crippen LogP contribution >= 0.6 is 11.6 Å². The molecule has 8 heteroatoms. The van der Waals surface area contributed by atoms with Crippen LogP contribution in [-0.4, -0.2) is 22.3 Å². The minimum atomic E-state index is 0.309. The lowest BCUT2D eigenvalue weighted by Crippen LogP contribution is -2.03. The molecule has 3 aromatic rings. The van der Waals surface area contributed by atoms with Crippen LogP contribution in [0.3, 0.4) is 0 Å². The molecular formula is C18H15ClN6O. The van der Waals surface area contributed by atoms with Crippen molar-refractivity contribution >= 4 is 34.7 Å². The molecule has 0 aliphatic heterocycles. The van der Waals surface area contributed by atoms with Crippen molar-refractivity contribution in [1.82, 2.24) is 15.2 Å². The molecule has 0 fully saturated rings. The third-order valence-corrected chi connectivity index (χ3v) is 3.98. The first-order valence-electron chi connectivity index (χ1n) is 7.67. The summed E-state index contributed by atoms with van der Waals surface area (Å²) in [5, 5.41) is 23.6. The van der Waals surface area contributed by atoms with Gasteiger partial charge in [0.1, 0.15) is 5.75 Å². The van der Waals surface area contributed by atoms with Gasteiger partial charge in [-0.3, -0.25) is 0 Å². The third-order valence-electron chi connectivity index (χ3n) is 3.57. The van der Waals surface area contributed by atoms with Gasteiger partial charge < -0.3 is 15.4 Å². The van der Waals surface area contributed by atoms with Gasteiger partial charge >= 0.3 is 0 Å². The molecule has 130 valence electrons. The topological polar surface area (TPSA) is 95.8 Å². The molecular weight excluding hydrogens is 352 g/mol. The molecule has 0 radical (unpaired) electrons. The van der Waals surface area contributed by atoms with Crippen molar-refractivity contribution in [2.45, 2.75) is 6.92 Å². The molecule has 3 rings (SSSR count). The number of hydrogen-bond acceptors (Lipinski definition) is 7. The number of methoxy groups -OCH3 is 1. The second kappa shape index (κ2) is 7.68. The van der Waals surface area contributed by atoms with Gasteiger partial charge in [-0.2, -0.15) is 15.3 Å². The molecule has 0 aliphatic carbocycles. The first-order valence-corrected chi connectivity index (χ1v) is 8.05. The first kappa shape index (κ1) is 17.5. The standard InChI is InChI=1S/C18H15ClN6O/c1-11-7-15(16(26-2)8-14(11)19)23-18-24-17(10-21-25-18)22-13-5-3-12(9-20)4-6-13/h3-8,10H,1-2H3,(H2,22,23,24,25). The molecule has 0 bridgehead atoms. The van der Waals surface area contributed by atoms with Crippen molar-refractivity contribution in [1.29, 1.82) is 5.26 Å². The number of nitrogens with zero attached hydrogens (tertiary/aromatic N) is 4. The Hall–Kier alpha value is -3.37. The van der Waals surface area contributed by atoms with Gasteiger partial charge in [0.25, 0.3) is 0 Å². The van der Waals surface area contributed by atoms with Gasteiger partial charge in [0, 0.05) is 16.8 Å². The summed E-state index contributed by atoms with van der Waals surface area (Å²) in [4.78, 5) is 4.38. The largest absolute Gasteiger partial charge is 0.495 e. The minimum absolute atomic E-state index is 0.309. The van der Waals surface area contributed by atoms with Crippen molar-refractivity contribution in [3.63, 3.8) is 0 Å². The number of nitrogens with one attached hydrogen (secondary N) is 2. The summed E-state index contributed by atoms with van der Waals surface area (Å²) in [6, 6.07) is 12.7. The second-order valence-corrected chi connectivity index (χ2v) is 5.81. The lowest BCUT2D eigenvalue weighted by molar-refractivity contribution is 0.416. The average Bonchev–Trinajstić information content (AvgIpc) is 2.65. The van der Waals surface area contributed by atoms with Gasteiger partial charge in [-0.25, -0.2) is 0 Å². The number of hydrogen-bond donors (Lipinski definition) is 2. The molecule has 1 heterocycles. The van der Waals surface area contributed by atoms with Gasteiger partial charge in [0.2, 0.25) is 5.95 Å². The molecule has 0 amide bonds. The normalized spacial score (nSPS) is 10.1. The summed E-state index contributed by atoms with van der Waals surface area (Å²) in [6.45, 7) is 1.90. The fourth-order valence-corrected chi connectivity index (χ4v) is 2.40. The Morgan fingerprint density at radius 3 is 2.62 bits per heavy atom. The lowest BCUT2D eigenvalue weighted by atomic mass is 10.2. The maximum Gasteiger partial charge on any atom is 0.249 e. The van der Waals surface area contributed by atoms with Crippen molar-refractivity contribution in [3.05, 3.63) is 58.7 Å². The van der Waals surface area contributed by atoms with Gasteiger partial charge in [0.15, 0.2) is 5.82 Å². The first-order chi connectivity index (χ1) is 12.6. The number of nitriles is 1. The van der Waals surface area contributed by atoms with Crippen molar-refractivity contribution in [2.75, 3.05) is 17.7 Å². The Balaban J connectivity index is 1.81. The Morgan fingerprint density at radius 2 is 1.92 bits per heavy atom. The van der Waals surface area contributed by atoms with E-state index >= 15 is 0 Å². The van der Waals surface area contributed by atoms with Crippen LogP contribution in [0.4, 0.5) is 23.1 Å². The average molecular weight is 367 g/mol. The lowest BCUT2D eigenvalue weighted by Gasteiger charge is -2.12. The highest BCUT2D eigenvalue weighted by Gasteiger charge is 2.09. The molecule has 7 nitrogen and oxygen atoms in total. The van der Waals surface area contributed by atoms with Gasteiger partial charge in [-0.1, -0.05) is 11.6 Å². The minimum Gasteiger partial charge on any atom is -0.495 e. The van der Waals surface area contributed by atoms with Crippen LogP contribution in [0, 0.1) is 18.3 Å². The van der Waals surface area contributed by atoms with E-state index in [4.69, 9.17) is 21.6 Å². The van der Waals surface area contributed by atoms with E-state index in [-0.39, 0.29) is 0 Å². The number of benzene rings is 2. The summed E-state index contributed by atoms with van der Waals surface area (Å²) in [6.07, 6.45) is 1.51. The van der Waals surface area contributed by atoms with Crippen LogP contribution < -0.4 is 15.4 Å². The SMILES string of the molecule is COc1cc(Cl)c(C)cc1Nc1nncc(Nc2ccc(C#N)cc2)n1. The Labute approximate surface area is 155 Å². The second-order valence-electron chi connectivity index (χ2n) is 5.41. The van der Waals surface area contributed by atoms with Crippen LogP contribution in [0.25, 0.3) is 0 Å². The number of rotatable bonds is 5. The smallest absolute Gasteiger partial charge is 0.249 e. The van der Waals surface area contributed by atoms with E-state index in [1.165, 1.54) is 6.20 Å². The molecule has 1 aromatic heterocycles. The van der Waals surface area contributed by atoms with Crippen molar-refractivity contribution in [2.24, 2.45) is 0 Å². The fourth-order valence-electron chi connectivity index (χ4n) is 2.24. The van der Waals surface area contributed by atoms with E-state index in [0.717, 1.165) is 11.3 Å². The van der Waals surface area contributed by atoms with Crippen LogP contribution in [0.5, 0.6) is 5.75 Å². The molecule has 0 aliphatic rings. The highest BCUT2D eigenvalue weighted by molar-refractivity contribution is 6.31. The highest BCUT2D eigenvalue weighted by atomic mass is 35.5. The molecule has 0 saturated heterocycles. The van der Waals surface area contributed by atoms with Crippen LogP contribution in [0.15, 0.2) is 42.6 Å². The summed E-state index contributed by atoms with van der Waals surface area (Å²) in [7, 11) is 1.56. The predicted octanol–water partition coefficient (Wildman–Crippen LogP) is 4.20. The number of halogens is 1. The van der Waals surface area contributed by atoms with Crippen LogP contribution in [-0.2, 0) is 0 Å². The molecule has 0 saturated carbocycles. The van der Waals surface area contributed by atoms with E-state index in [9.17, 15) is 0 Å². The summed E-state index contributed by atoms with van der Waals surface area (Å²) < 4.78 is 5.34. The number of ether oxygens (including phenoxy) is 1. The quantitative estimate of drug-likeness (QED) is 0.698. The maximum absolute atomic E-state index is 8.85. The zero-order valence-electron chi connectivity index (χ0n) is 14.1. The Kier molecular flexibility index (Phi) is 5.15. The Bertz CT molecular complexity index is 968. The number of aryl methyl sites for hydroxylation is 1. The zero-order valence-corrected chi connectivity index (χ0v) is 14.9. The molecule has 0 spiro atoms. The zero-order chi connectivity index (χ0) is 18.5. The van der Waals surface area contributed by atoms with Crippen molar-refractivity contribution < 1.29 is 4.74 Å². The van der Waals surface area contributed by atoms with E-state index < -0.39 is 0 Å². The van der Waals surface area contributed by atoms with Crippen LogP contribution in [0.1, 0.15) is 11.1 Å². The summed E-state index contributed by atoms with van der Waals surface area (Å²) in [5.41, 5.74) is 2.96. The van der Waals surface area contributed by atoms with Gasteiger partial charge in [0.05, 0.1) is 30.6 Å². The number of anilines is 4. The third kappa shape index (κ3) is 3.99. The van der Waals surface area contributed by atoms with E-state index in [2.05, 4.69) is 31.9 Å². The summed E-state index contributed by atoms with van der Waals surface area (Å²) in [5.74, 6) is 1.40. The van der Waals surface area contributed by atoms with E-state index in [0.29, 0.717) is 33.8 Å². The highest BCUT2D eigenvalue weighted by Crippen LogP contribution is 2.32. The fraction of sp³-hybridized carbons (Fsp3) is 0.111. The molecule has 0 unspecified atom stereocenters. The molecule has 0 atom stereocenters. The Morgan fingerprint density at radius 1 is 1.15 bits per heavy atom. The summed E-state index contributed by atoms with van der Waals surface area (Å²) >= 11 is 6.12. The predicted molar refractivity (Wildman–Crippen MR) is 100 cm³/mol. The molecule has 26 heavy (non-hydrogen) atoms. The van der Waals surface area contributed by atoms with Crippen molar-refractivity contribution in [3.8, 4) is 11.8 Å². The molecule has 2 aromatic carbocycles. The van der Waals surface area contributed by atoms with E-state index in [1.807, 2.05) is 13.0 Å².